The second kappa shape index (κ2) is 9.88. The van der Waals surface area contributed by atoms with Crippen molar-refractivity contribution in [2.75, 3.05) is 26.1 Å². The van der Waals surface area contributed by atoms with E-state index in [9.17, 15) is 18.0 Å². The second-order valence-corrected chi connectivity index (χ2v) is 9.25. The first kappa shape index (κ1) is 25.4. The lowest BCUT2D eigenvalue weighted by atomic mass is 9.98. The highest BCUT2D eigenvalue weighted by atomic mass is 19.4. The normalized spacial score (nSPS) is 21.7. The minimum Gasteiger partial charge on any atom is -0.383 e. The Balaban J connectivity index is 1.52. The molecule has 2 aliphatic rings. The van der Waals surface area contributed by atoms with Gasteiger partial charge >= 0.3 is 6.18 Å². The smallest absolute Gasteiger partial charge is 0.383 e. The molecule has 3 atom stereocenters. The van der Waals surface area contributed by atoms with Crippen LogP contribution in [0, 0.1) is 0 Å². The van der Waals surface area contributed by atoms with E-state index in [1.165, 1.54) is 6.07 Å². The number of nitrogens with zero attached hydrogens (tertiary/aromatic N) is 3. The highest BCUT2D eigenvalue weighted by Gasteiger charge is 2.36. The van der Waals surface area contributed by atoms with Gasteiger partial charge in [-0.25, -0.2) is 4.98 Å². The minimum atomic E-state index is -4.49. The molecule has 1 amide bonds. The van der Waals surface area contributed by atoms with E-state index in [1.807, 2.05) is 6.92 Å². The number of benzene rings is 1. The van der Waals surface area contributed by atoms with Crippen molar-refractivity contribution in [3.8, 4) is 0 Å². The highest BCUT2D eigenvalue weighted by Crippen LogP contribution is 2.38. The van der Waals surface area contributed by atoms with Gasteiger partial charge in [-0.1, -0.05) is 0 Å². The first-order valence-corrected chi connectivity index (χ1v) is 11.9. The molecular formula is C26H27F3N4O4. The van der Waals surface area contributed by atoms with E-state index in [1.54, 1.807) is 30.2 Å². The molecule has 0 bridgehead atoms. The van der Waals surface area contributed by atoms with Crippen LogP contribution in [0.1, 0.15) is 52.2 Å². The number of anilines is 1. The molecule has 2 N–H and O–H groups in total. The quantitative estimate of drug-likeness (QED) is 0.541. The summed E-state index contributed by atoms with van der Waals surface area (Å²) in [6, 6.07) is 7.11. The number of aromatic nitrogens is 2. The molecule has 8 nitrogen and oxygen atoms in total. The van der Waals surface area contributed by atoms with Gasteiger partial charge in [0.25, 0.3) is 5.91 Å². The molecule has 11 heteroatoms. The number of amides is 1. The second-order valence-electron chi connectivity index (χ2n) is 9.25. The van der Waals surface area contributed by atoms with Gasteiger partial charge in [-0.2, -0.15) is 13.2 Å². The van der Waals surface area contributed by atoms with Crippen LogP contribution in [-0.4, -0.2) is 53.2 Å². The molecule has 1 saturated heterocycles. The van der Waals surface area contributed by atoms with E-state index in [0.29, 0.717) is 48.8 Å². The zero-order valence-corrected chi connectivity index (χ0v) is 20.4. The lowest BCUT2D eigenvalue weighted by Crippen LogP contribution is -2.52. The SMILES string of the molecule is CO[C@@H]1COCC[C@H]1N(Cc1ccc(C(F)(F)F)cn1)C(=O)c1ccc2nc(N)c3c(c2c1)COC3C. The van der Waals surface area contributed by atoms with E-state index in [-0.39, 0.29) is 24.6 Å². The average molecular weight is 517 g/mol. The molecule has 0 saturated carbocycles. The monoisotopic (exact) mass is 516 g/mol. The fourth-order valence-corrected chi connectivity index (χ4v) is 5.05. The summed E-state index contributed by atoms with van der Waals surface area (Å²) >= 11 is 0. The van der Waals surface area contributed by atoms with Crippen molar-refractivity contribution in [1.29, 1.82) is 0 Å². The number of hydrogen-bond donors (Lipinski definition) is 1. The summed E-state index contributed by atoms with van der Waals surface area (Å²) in [7, 11) is 1.54. The molecule has 1 unspecified atom stereocenters. The standard InChI is InChI=1S/C26H27F3N4O4/c1-14-23-19(12-37-14)18-9-15(3-6-20(18)32-24(23)30)25(34)33(21-7-8-36-13-22(21)35-2)11-17-5-4-16(10-31-17)26(27,28)29/h3-6,9-10,14,21-22H,7-8,11-13H2,1-2H3,(H2,30,32)/t14?,21-,22-/m1/s1. The average Bonchev–Trinajstić information content (AvgIpc) is 3.29. The Bertz CT molecular complexity index is 1320. The predicted molar refractivity (Wildman–Crippen MR) is 128 cm³/mol. The topological polar surface area (TPSA) is 99.8 Å². The molecule has 1 fully saturated rings. The zero-order valence-electron chi connectivity index (χ0n) is 20.4. The van der Waals surface area contributed by atoms with Crippen LogP contribution in [0.5, 0.6) is 0 Å². The van der Waals surface area contributed by atoms with Gasteiger partial charge in [0.1, 0.15) is 11.9 Å². The van der Waals surface area contributed by atoms with Gasteiger partial charge in [-0.3, -0.25) is 9.78 Å². The third-order valence-electron chi connectivity index (χ3n) is 7.01. The van der Waals surface area contributed by atoms with Crippen LogP contribution in [0.2, 0.25) is 0 Å². The Kier molecular flexibility index (Phi) is 6.78. The molecule has 37 heavy (non-hydrogen) atoms. The number of methoxy groups -OCH3 is 1. The molecular weight excluding hydrogens is 489 g/mol. The Morgan fingerprint density at radius 3 is 2.78 bits per heavy atom. The number of nitrogens with two attached hydrogens (primary N) is 1. The van der Waals surface area contributed by atoms with Gasteiger partial charge in [0.05, 0.1) is 48.7 Å². The van der Waals surface area contributed by atoms with Crippen molar-refractivity contribution in [1.82, 2.24) is 14.9 Å². The predicted octanol–water partition coefficient (Wildman–Crippen LogP) is 4.27. The van der Waals surface area contributed by atoms with Crippen molar-refractivity contribution >= 4 is 22.6 Å². The Labute approximate surface area is 211 Å². The zero-order chi connectivity index (χ0) is 26.3. The van der Waals surface area contributed by atoms with Gasteiger partial charge < -0.3 is 24.8 Å². The van der Waals surface area contributed by atoms with Crippen molar-refractivity contribution in [3.63, 3.8) is 0 Å². The molecule has 3 aromatic rings. The van der Waals surface area contributed by atoms with E-state index >= 15 is 0 Å². The van der Waals surface area contributed by atoms with E-state index in [2.05, 4.69) is 9.97 Å². The van der Waals surface area contributed by atoms with Crippen LogP contribution in [-0.2, 0) is 33.5 Å². The summed E-state index contributed by atoms with van der Waals surface area (Å²) in [4.78, 5) is 24.0. The van der Waals surface area contributed by atoms with Gasteiger partial charge in [0, 0.05) is 36.4 Å². The maximum absolute atomic E-state index is 14.0. The van der Waals surface area contributed by atoms with Crippen LogP contribution >= 0.6 is 0 Å². The lowest BCUT2D eigenvalue weighted by Gasteiger charge is -2.39. The van der Waals surface area contributed by atoms with Crippen molar-refractivity contribution < 1.29 is 32.2 Å². The maximum Gasteiger partial charge on any atom is 0.417 e. The van der Waals surface area contributed by atoms with Crippen LogP contribution < -0.4 is 5.73 Å². The third kappa shape index (κ3) is 4.86. The fourth-order valence-electron chi connectivity index (χ4n) is 5.05. The number of carbonyl (C=O) groups is 1. The Hall–Kier alpha value is -3.28. The summed E-state index contributed by atoms with van der Waals surface area (Å²) in [6.45, 7) is 3.01. The summed E-state index contributed by atoms with van der Waals surface area (Å²) in [5, 5.41) is 0.780. The highest BCUT2D eigenvalue weighted by molar-refractivity contribution is 5.99. The molecule has 0 aliphatic carbocycles. The number of hydrogen-bond acceptors (Lipinski definition) is 7. The summed E-state index contributed by atoms with van der Waals surface area (Å²) in [6.07, 6.45) is -3.79. The molecule has 4 heterocycles. The first-order chi connectivity index (χ1) is 17.7. The summed E-state index contributed by atoms with van der Waals surface area (Å²) in [5.74, 6) is 0.113. The molecule has 2 aromatic heterocycles. The van der Waals surface area contributed by atoms with Gasteiger partial charge in [0.15, 0.2) is 0 Å². The van der Waals surface area contributed by atoms with Gasteiger partial charge in [-0.15, -0.1) is 0 Å². The molecule has 0 radical (unpaired) electrons. The fraction of sp³-hybridized carbons (Fsp3) is 0.423. The number of carbonyl (C=O) groups excluding carboxylic acids is 1. The van der Waals surface area contributed by atoms with Crippen molar-refractivity contribution in [2.45, 2.75) is 50.9 Å². The maximum atomic E-state index is 14.0. The van der Waals surface area contributed by atoms with E-state index in [0.717, 1.165) is 28.8 Å². The van der Waals surface area contributed by atoms with Gasteiger partial charge in [-0.05, 0) is 49.2 Å². The summed E-state index contributed by atoms with van der Waals surface area (Å²) < 4.78 is 56.0. The van der Waals surface area contributed by atoms with Crippen molar-refractivity contribution in [2.24, 2.45) is 0 Å². The number of fused-ring (bicyclic) bond motifs is 3. The first-order valence-electron chi connectivity index (χ1n) is 11.9. The number of alkyl halides is 3. The van der Waals surface area contributed by atoms with Gasteiger partial charge in [0.2, 0.25) is 0 Å². The molecule has 2 aliphatic heterocycles. The third-order valence-corrected chi connectivity index (χ3v) is 7.01. The number of pyridine rings is 2. The van der Waals surface area contributed by atoms with E-state index in [4.69, 9.17) is 19.9 Å². The van der Waals surface area contributed by atoms with Crippen LogP contribution in [0.3, 0.4) is 0 Å². The number of ether oxygens (including phenoxy) is 3. The molecule has 1 aromatic carbocycles. The Morgan fingerprint density at radius 1 is 1.27 bits per heavy atom. The lowest BCUT2D eigenvalue weighted by molar-refractivity contribution is -0.137. The number of nitrogen functional groups attached to an aromatic ring is 1. The van der Waals surface area contributed by atoms with E-state index < -0.39 is 17.8 Å². The molecule has 196 valence electrons. The summed E-state index contributed by atoms with van der Waals surface area (Å²) in [5.41, 5.74) is 8.44. The number of halogens is 3. The largest absolute Gasteiger partial charge is 0.417 e. The van der Waals surface area contributed by atoms with Crippen LogP contribution in [0.4, 0.5) is 19.0 Å². The molecule has 0 spiro atoms. The van der Waals surface area contributed by atoms with Crippen molar-refractivity contribution in [3.05, 3.63) is 64.5 Å². The van der Waals surface area contributed by atoms with Crippen LogP contribution in [0.25, 0.3) is 10.9 Å². The number of rotatable bonds is 5. The van der Waals surface area contributed by atoms with Crippen LogP contribution in [0.15, 0.2) is 36.5 Å². The minimum absolute atomic E-state index is 0.0117. The molecule has 5 rings (SSSR count). The Morgan fingerprint density at radius 2 is 2.08 bits per heavy atom.